The van der Waals surface area contributed by atoms with Gasteiger partial charge in [-0.15, -0.1) is 11.8 Å². The Morgan fingerprint density at radius 2 is 0.885 bits per heavy atom. The van der Waals surface area contributed by atoms with Crippen molar-refractivity contribution in [3.8, 4) is 56.8 Å². The van der Waals surface area contributed by atoms with Crippen LogP contribution < -0.4 is 9.47 Å². The number of hydrogen-bond donors (Lipinski definition) is 0. The normalized spacial score (nSPS) is 10.8. The van der Waals surface area contributed by atoms with Crippen LogP contribution in [-0.2, 0) is 13.2 Å². The van der Waals surface area contributed by atoms with Crippen molar-refractivity contribution in [2.45, 2.75) is 18.1 Å². The first-order valence-electron chi connectivity index (χ1n) is 18.3. The van der Waals surface area contributed by atoms with Crippen molar-refractivity contribution >= 4 is 69.8 Å². The van der Waals surface area contributed by atoms with E-state index >= 15 is 0 Å². The van der Waals surface area contributed by atoms with Crippen LogP contribution >= 0.6 is 69.8 Å². The molecular weight excluding hydrogens is 900 g/mol. The Morgan fingerprint density at radius 3 is 1.30 bits per heavy atom. The summed E-state index contributed by atoms with van der Waals surface area (Å²) in [5.74, 6) is -0.597. The minimum Gasteiger partial charge on any atom is -0.459 e. The van der Waals surface area contributed by atoms with E-state index in [0.717, 1.165) is 43.8 Å². The highest BCUT2D eigenvalue weighted by molar-refractivity contribution is 7.98. The predicted octanol–water partition coefficient (Wildman–Crippen LogP) is 15.0. The average Bonchev–Trinajstić information content (AvgIpc) is 3.27. The fourth-order valence-corrected chi connectivity index (χ4v) is 7.44. The van der Waals surface area contributed by atoms with Crippen molar-refractivity contribution < 1.29 is 18.3 Å². The molecule has 0 fully saturated rings. The van der Waals surface area contributed by atoms with Crippen LogP contribution in [0.5, 0.6) is 12.0 Å². The van der Waals surface area contributed by atoms with Crippen LogP contribution in [0.4, 0.5) is 8.78 Å². The zero-order valence-electron chi connectivity index (χ0n) is 31.9. The summed E-state index contributed by atoms with van der Waals surface area (Å²) in [6.07, 6.45) is 5.39. The highest BCUT2D eigenvalue weighted by Crippen LogP contribution is 2.39. The van der Waals surface area contributed by atoms with Crippen molar-refractivity contribution in [3.05, 3.63) is 194 Å². The Bertz CT molecular complexity index is 2770. The molecule has 8 aromatic rings. The van der Waals surface area contributed by atoms with Gasteiger partial charge in [0.15, 0.2) is 0 Å². The van der Waals surface area contributed by atoms with Crippen LogP contribution in [0.2, 0.25) is 25.1 Å². The number of hydrogen-bond acceptors (Lipinski definition) is 7. The first-order valence-corrected chi connectivity index (χ1v) is 21.4. The summed E-state index contributed by atoms with van der Waals surface area (Å²) in [5.41, 5.74) is 7.71. The minimum absolute atomic E-state index is 0.179. The lowest BCUT2D eigenvalue weighted by Crippen LogP contribution is -2.02. The minimum atomic E-state index is -0.304. The van der Waals surface area contributed by atoms with Gasteiger partial charge < -0.3 is 9.47 Å². The van der Waals surface area contributed by atoms with Gasteiger partial charge in [0.25, 0.3) is 0 Å². The van der Waals surface area contributed by atoms with Gasteiger partial charge in [0.2, 0.25) is 0 Å². The maximum atomic E-state index is 13.1. The van der Waals surface area contributed by atoms with E-state index in [2.05, 4.69) is 19.9 Å². The van der Waals surface area contributed by atoms with Crippen molar-refractivity contribution in [1.29, 1.82) is 0 Å². The molecule has 0 bridgehead atoms. The lowest BCUT2D eigenvalue weighted by molar-refractivity contribution is 0.281. The maximum absolute atomic E-state index is 13.1. The summed E-state index contributed by atoms with van der Waals surface area (Å²) < 4.78 is 37.7. The lowest BCUT2D eigenvalue weighted by Gasteiger charge is -2.13. The summed E-state index contributed by atoms with van der Waals surface area (Å²) in [4.78, 5) is 19.0. The van der Waals surface area contributed by atoms with Crippen LogP contribution in [0.15, 0.2) is 151 Å². The topological polar surface area (TPSA) is 70.0 Å². The molecule has 0 aliphatic heterocycles. The van der Waals surface area contributed by atoms with Gasteiger partial charge in [-0.2, -0.15) is 9.97 Å². The molecule has 0 atom stereocenters. The Labute approximate surface area is 380 Å². The molecule has 2 aromatic heterocycles. The number of rotatable bonds is 11. The van der Waals surface area contributed by atoms with Gasteiger partial charge in [-0.1, -0.05) is 113 Å². The number of ether oxygens (including phenoxy) is 2. The number of thioether (sulfide) groups is 1. The summed E-state index contributed by atoms with van der Waals surface area (Å²) in [6.45, 7) is 0.424. The van der Waals surface area contributed by atoms with Crippen LogP contribution in [0.3, 0.4) is 0 Å². The van der Waals surface area contributed by atoms with E-state index in [0.29, 0.717) is 42.1 Å². The first-order chi connectivity index (χ1) is 29.5. The monoisotopic (exact) mass is 928 g/mol. The van der Waals surface area contributed by atoms with Gasteiger partial charge in [0.05, 0.1) is 21.4 Å². The van der Waals surface area contributed by atoms with Crippen LogP contribution in [-0.4, -0.2) is 26.2 Å². The Kier molecular flexibility index (Phi) is 14.8. The predicted molar refractivity (Wildman–Crippen MR) is 244 cm³/mol. The second-order valence-electron chi connectivity index (χ2n) is 13.1. The highest BCUT2D eigenvalue weighted by Gasteiger charge is 2.18. The lowest BCUT2D eigenvalue weighted by atomic mass is 10.0. The standard InChI is InChI=1S/C24H17Cl2FN2OS.C23H14Cl3FN2O/c1-31-19-10-11-20(22(26)12-19)23-21(16-4-6-17(25)7-5-16)13-28-24(29-23)30-14-15-2-8-18(27)9-3-15;24-16-5-3-15(4-6-16)20-12-28-23(30-13-14-1-8-18(27)9-2-14)29-22(20)19-10-7-17(25)11-21(19)26/h2-13H,14H2,1H3;1-12H,13H2. The van der Waals surface area contributed by atoms with E-state index in [-0.39, 0.29) is 36.9 Å². The second kappa shape index (κ2) is 20.5. The van der Waals surface area contributed by atoms with Gasteiger partial charge in [0, 0.05) is 54.6 Å². The van der Waals surface area contributed by atoms with Crippen LogP contribution in [0, 0.1) is 11.6 Å². The molecule has 0 saturated heterocycles. The SMILES string of the molecule is CSc1ccc(-c2nc(OCc3ccc(F)cc3)ncc2-c2ccc(Cl)cc2)c(Cl)c1.Fc1ccc(COc2ncc(-c3ccc(Cl)cc3)c(-c3ccc(Cl)cc3Cl)n2)cc1. The molecule has 0 unspecified atom stereocenters. The molecule has 61 heavy (non-hydrogen) atoms. The van der Waals surface area contributed by atoms with Gasteiger partial charge in [-0.05, 0) is 107 Å². The fraction of sp³-hybridized carbons (Fsp3) is 0.0638. The molecule has 0 N–H and O–H groups in total. The van der Waals surface area contributed by atoms with E-state index in [1.54, 1.807) is 78.8 Å². The summed E-state index contributed by atoms with van der Waals surface area (Å²) in [7, 11) is 0. The van der Waals surface area contributed by atoms with E-state index in [4.69, 9.17) is 67.5 Å². The smallest absolute Gasteiger partial charge is 0.317 e. The number of halogens is 7. The van der Waals surface area contributed by atoms with E-state index in [9.17, 15) is 8.78 Å². The summed E-state index contributed by atoms with van der Waals surface area (Å²) in [6, 6.07) is 38.4. The third-order valence-corrected chi connectivity index (χ3v) is 11.1. The molecule has 0 amide bonds. The Morgan fingerprint density at radius 1 is 0.475 bits per heavy atom. The third-order valence-electron chi connectivity index (χ3n) is 9.02. The molecule has 14 heteroatoms. The van der Waals surface area contributed by atoms with Gasteiger partial charge in [-0.25, -0.2) is 18.7 Å². The molecule has 2 heterocycles. The van der Waals surface area contributed by atoms with Gasteiger partial charge in [-0.3, -0.25) is 0 Å². The van der Waals surface area contributed by atoms with Crippen molar-refractivity contribution in [3.63, 3.8) is 0 Å². The van der Waals surface area contributed by atoms with Crippen molar-refractivity contribution in [1.82, 2.24) is 19.9 Å². The van der Waals surface area contributed by atoms with Crippen molar-refractivity contribution in [2.75, 3.05) is 6.26 Å². The zero-order chi connectivity index (χ0) is 42.9. The molecule has 0 saturated carbocycles. The quantitative estimate of drug-likeness (QED) is 0.120. The molecular formula is C47H31Cl5F2N4O2S. The molecule has 8 rings (SSSR count). The third kappa shape index (κ3) is 11.6. The first kappa shape index (κ1) is 43.8. The second-order valence-corrected chi connectivity index (χ2v) is 16.1. The van der Waals surface area contributed by atoms with Crippen LogP contribution in [0.25, 0.3) is 44.8 Å². The van der Waals surface area contributed by atoms with Gasteiger partial charge in [0.1, 0.15) is 24.8 Å². The van der Waals surface area contributed by atoms with E-state index < -0.39 is 0 Å². The van der Waals surface area contributed by atoms with E-state index in [1.165, 1.54) is 24.3 Å². The maximum Gasteiger partial charge on any atom is 0.317 e. The molecule has 6 aromatic carbocycles. The van der Waals surface area contributed by atoms with Crippen LogP contribution in [0.1, 0.15) is 11.1 Å². The Hall–Kier alpha value is -5.26. The summed E-state index contributed by atoms with van der Waals surface area (Å²) in [5, 5.41) is 2.85. The molecule has 0 radical (unpaired) electrons. The molecule has 306 valence electrons. The number of benzene rings is 6. The number of nitrogens with zero attached hydrogens (tertiary/aromatic N) is 4. The largest absolute Gasteiger partial charge is 0.459 e. The molecule has 6 nitrogen and oxygen atoms in total. The fourth-order valence-electron chi connectivity index (χ4n) is 5.92. The zero-order valence-corrected chi connectivity index (χ0v) is 36.5. The van der Waals surface area contributed by atoms with Crippen molar-refractivity contribution in [2.24, 2.45) is 0 Å². The summed E-state index contributed by atoms with van der Waals surface area (Å²) >= 11 is 32.8. The molecule has 0 aliphatic carbocycles. The average molecular weight is 931 g/mol. The number of aromatic nitrogens is 4. The van der Waals surface area contributed by atoms with E-state index in [1.807, 2.05) is 60.9 Å². The van der Waals surface area contributed by atoms with Gasteiger partial charge >= 0.3 is 12.0 Å². The molecule has 0 spiro atoms. The Balaban J connectivity index is 0.000000184. The highest BCUT2D eigenvalue weighted by atomic mass is 35.5. The molecule has 0 aliphatic rings.